The number of para-hydroxylation sites is 1. The number of nitro groups is 1. The number of halogens is 1. The van der Waals surface area contributed by atoms with Crippen molar-refractivity contribution in [3.05, 3.63) is 75.6 Å². The zero-order valence-corrected chi connectivity index (χ0v) is 14.9. The van der Waals surface area contributed by atoms with Crippen molar-refractivity contribution in [1.82, 2.24) is 4.90 Å². The maximum Gasteiger partial charge on any atom is 0.269 e. The summed E-state index contributed by atoms with van der Waals surface area (Å²) in [5.74, 6) is -0.716. The van der Waals surface area contributed by atoms with E-state index in [0.717, 1.165) is 0 Å². The van der Waals surface area contributed by atoms with E-state index >= 15 is 0 Å². The Balaban J connectivity index is 1.68. The molecule has 0 saturated carbocycles. The highest BCUT2D eigenvalue weighted by Gasteiger charge is 2.24. The van der Waals surface area contributed by atoms with Gasteiger partial charge in [0, 0.05) is 38.3 Å². The van der Waals surface area contributed by atoms with Crippen molar-refractivity contribution < 1.29 is 14.1 Å². The first-order chi connectivity index (χ1) is 13.5. The lowest BCUT2D eigenvalue weighted by Crippen LogP contribution is -2.49. The van der Waals surface area contributed by atoms with Crippen LogP contribution in [0.5, 0.6) is 0 Å². The number of hydrogen-bond donors (Lipinski definition) is 0. The van der Waals surface area contributed by atoms with E-state index in [-0.39, 0.29) is 17.1 Å². The van der Waals surface area contributed by atoms with Gasteiger partial charge in [-0.15, -0.1) is 0 Å². The number of carbonyl (C=O) groups excluding carboxylic acids is 1. The molecule has 1 fully saturated rings. The fraction of sp³-hybridized carbons (Fsp3) is 0.200. The van der Waals surface area contributed by atoms with Crippen molar-refractivity contribution in [3.8, 4) is 6.07 Å². The monoisotopic (exact) mass is 380 g/mol. The van der Waals surface area contributed by atoms with Crippen molar-refractivity contribution in [2.24, 2.45) is 0 Å². The molecule has 0 radical (unpaired) electrons. The predicted molar refractivity (Wildman–Crippen MR) is 102 cm³/mol. The van der Waals surface area contributed by atoms with E-state index in [1.54, 1.807) is 23.1 Å². The highest BCUT2D eigenvalue weighted by molar-refractivity contribution is 6.01. The highest BCUT2D eigenvalue weighted by atomic mass is 19.1. The van der Waals surface area contributed by atoms with Crippen LogP contribution in [-0.2, 0) is 4.79 Å². The van der Waals surface area contributed by atoms with Gasteiger partial charge in [0.25, 0.3) is 11.6 Å². The molecule has 0 aromatic heterocycles. The van der Waals surface area contributed by atoms with Crippen LogP contribution in [0.4, 0.5) is 15.8 Å². The van der Waals surface area contributed by atoms with Crippen LogP contribution < -0.4 is 4.90 Å². The van der Waals surface area contributed by atoms with Crippen LogP contribution in [-0.4, -0.2) is 41.9 Å². The molecular weight excluding hydrogens is 363 g/mol. The SMILES string of the molecule is N#C/C(=C\c1ccc([N+](=O)[O-])cc1)C(=O)N1CCN(c2ccccc2F)CC1. The summed E-state index contributed by atoms with van der Waals surface area (Å²) >= 11 is 0. The van der Waals surface area contributed by atoms with Crippen LogP contribution in [0.2, 0.25) is 0 Å². The summed E-state index contributed by atoms with van der Waals surface area (Å²) in [5, 5.41) is 20.1. The van der Waals surface area contributed by atoms with Gasteiger partial charge in [-0.3, -0.25) is 14.9 Å². The molecule has 142 valence electrons. The molecule has 8 heteroatoms. The van der Waals surface area contributed by atoms with Crippen molar-refractivity contribution in [1.29, 1.82) is 5.26 Å². The van der Waals surface area contributed by atoms with Crippen molar-refractivity contribution in [3.63, 3.8) is 0 Å². The van der Waals surface area contributed by atoms with Gasteiger partial charge in [0.1, 0.15) is 17.5 Å². The molecule has 1 aliphatic heterocycles. The molecule has 0 spiro atoms. The molecule has 2 aromatic carbocycles. The molecule has 1 aliphatic rings. The topological polar surface area (TPSA) is 90.5 Å². The number of nitro benzene ring substituents is 1. The van der Waals surface area contributed by atoms with E-state index in [4.69, 9.17) is 0 Å². The van der Waals surface area contributed by atoms with Gasteiger partial charge in [-0.1, -0.05) is 12.1 Å². The van der Waals surface area contributed by atoms with Crippen LogP contribution in [0, 0.1) is 27.3 Å². The largest absolute Gasteiger partial charge is 0.366 e. The van der Waals surface area contributed by atoms with Crippen LogP contribution >= 0.6 is 0 Å². The number of benzene rings is 2. The van der Waals surface area contributed by atoms with E-state index in [1.165, 1.54) is 36.4 Å². The number of rotatable bonds is 4. The zero-order valence-electron chi connectivity index (χ0n) is 14.9. The lowest BCUT2D eigenvalue weighted by molar-refractivity contribution is -0.384. The summed E-state index contributed by atoms with van der Waals surface area (Å²) in [5.41, 5.74) is 0.913. The minimum atomic E-state index is -0.515. The standard InChI is InChI=1S/C20H17FN4O3/c21-18-3-1-2-4-19(18)23-9-11-24(12-10-23)20(26)16(14-22)13-15-5-7-17(8-6-15)25(27)28/h1-8,13H,9-12H2/b16-13+. The first-order valence-corrected chi connectivity index (χ1v) is 8.64. The highest BCUT2D eigenvalue weighted by Crippen LogP contribution is 2.21. The number of non-ortho nitro benzene ring substituents is 1. The maximum atomic E-state index is 13.9. The van der Waals surface area contributed by atoms with Gasteiger partial charge in [0.2, 0.25) is 0 Å². The number of carbonyl (C=O) groups is 1. The number of anilines is 1. The van der Waals surface area contributed by atoms with Gasteiger partial charge in [0.05, 0.1) is 10.6 Å². The molecule has 7 nitrogen and oxygen atoms in total. The normalized spacial score (nSPS) is 14.5. The first kappa shape index (κ1) is 19.0. The molecule has 1 saturated heterocycles. The second kappa shape index (κ2) is 8.31. The summed E-state index contributed by atoms with van der Waals surface area (Å²) in [6, 6.07) is 14.0. The molecule has 2 aromatic rings. The minimum Gasteiger partial charge on any atom is -0.366 e. The summed E-state index contributed by atoms with van der Waals surface area (Å²) < 4.78 is 13.9. The Labute approximate surface area is 161 Å². The fourth-order valence-electron chi connectivity index (χ4n) is 3.03. The van der Waals surface area contributed by atoms with Crippen LogP contribution in [0.15, 0.2) is 54.1 Å². The van der Waals surface area contributed by atoms with E-state index in [2.05, 4.69) is 0 Å². The van der Waals surface area contributed by atoms with E-state index in [9.17, 15) is 24.6 Å². The average Bonchev–Trinajstić information content (AvgIpc) is 2.72. The Hall–Kier alpha value is -3.73. The average molecular weight is 380 g/mol. The van der Waals surface area contributed by atoms with E-state index < -0.39 is 10.8 Å². The van der Waals surface area contributed by atoms with Gasteiger partial charge in [0.15, 0.2) is 0 Å². The lowest BCUT2D eigenvalue weighted by Gasteiger charge is -2.36. The number of hydrogen-bond acceptors (Lipinski definition) is 5. The van der Waals surface area contributed by atoms with Crippen molar-refractivity contribution in [2.45, 2.75) is 0 Å². The smallest absolute Gasteiger partial charge is 0.269 e. The van der Waals surface area contributed by atoms with Gasteiger partial charge in [-0.2, -0.15) is 5.26 Å². The summed E-state index contributed by atoms with van der Waals surface area (Å²) in [4.78, 5) is 26.3. The Bertz CT molecular complexity index is 958. The van der Waals surface area contributed by atoms with Crippen LogP contribution in [0.1, 0.15) is 5.56 Å². The van der Waals surface area contributed by atoms with Gasteiger partial charge in [-0.05, 0) is 35.9 Å². The second-order valence-corrected chi connectivity index (χ2v) is 6.25. The van der Waals surface area contributed by atoms with Crippen LogP contribution in [0.25, 0.3) is 6.08 Å². The molecule has 3 rings (SSSR count). The molecule has 0 aliphatic carbocycles. The summed E-state index contributed by atoms with van der Waals surface area (Å²) in [6.07, 6.45) is 1.41. The first-order valence-electron chi connectivity index (χ1n) is 8.64. The summed E-state index contributed by atoms with van der Waals surface area (Å²) in [7, 11) is 0. The third-order valence-corrected chi connectivity index (χ3v) is 4.53. The molecule has 0 N–H and O–H groups in total. The molecule has 1 amide bonds. The van der Waals surface area contributed by atoms with E-state index in [0.29, 0.717) is 37.4 Å². The second-order valence-electron chi connectivity index (χ2n) is 6.25. The molecule has 0 atom stereocenters. The molecule has 28 heavy (non-hydrogen) atoms. The Morgan fingerprint density at radius 2 is 1.75 bits per heavy atom. The predicted octanol–water partition coefficient (Wildman–Crippen LogP) is 2.99. The molecule has 1 heterocycles. The van der Waals surface area contributed by atoms with Crippen molar-refractivity contribution in [2.75, 3.05) is 31.1 Å². The number of piperazine rings is 1. The van der Waals surface area contributed by atoms with Crippen LogP contribution in [0.3, 0.4) is 0 Å². The number of nitriles is 1. The molecular formula is C20H17FN4O3. The minimum absolute atomic E-state index is 0.0480. The van der Waals surface area contributed by atoms with E-state index in [1.807, 2.05) is 11.0 Å². The molecule has 0 bridgehead atoms. The lowest BCUT2D eigenvalue weighted by atomic mass is 10.1. The Morgan fingerprint density at radius 3 is 2.32 bits per heavy atom. The van der Waals surface area contributed by atoms with Gasteiger partial charge < -0.3 is 9.80 Å². The number of nitrogens with zero attached hydrogens (tertiary/aromatic N) is 4. The maximum absolute atomic E-state index is 13.9. The zero-order chi connectivity index (χ0) is 20.1. The Kier molecular flexibility index (Phi) is 5.65. The third kappa shape index (κ3) is 4.15. The van der Waals surface area contributed by atoms with Gasteiger partial charge >= 0.3 is 0 Å². The van der Waals surface area contributed by atoms with Gasteiger partial charge in [-0.25, -0.2) is 4.39 Å². The van der Waals surface area contributed by atoms with Crippen molar-refractivity contribution >= 4 is 23.4 Å². The third-order valence-electron chi connectivity index (χ3n) is 4.53. The Morgan fingerprint density at radius 1 is 1.11 bits per heavy atom. The molecule has 0 unspecified atom stereocenters. The quantitative estimate of drug-likeness (QED) is 0.352. The summed E-state index contributed by atoms with van der Waals surface area (Å²) in [6.45, 7) is 1.66. The fourth-order valence-corrected chi connectivity index (χ4v) is 3.03. The number of amides is 1.